The van der Waals surface area contributed by atoms with Crippen LogP contribution in [-0.2, 0) is 96.3 Å². The highest BCUT2D eigenvalue weighted by Gasteiger charge is 2.39. The van der Waals surface area contributed by atoms with Gasteiger partial charge in [-0.1, -0.05) is 6.92 Å². The first kappa shape index (κ1) is 78.5. The number of carbonyl (C=O) groups excluding carboxylic acids is 3. The number of alkyl halides is 3. The maximum atomic E-state index is 13.0. The van der Waals surface area contributed by atoms with Gasteiger partial charge in [-0.25, -0.2) is 4.98 Å². The van der Waals surface area contributed by atoms with Crippen LogP contribution < -0.4 is 26.6 Å². The number of hydrogen-bond acceptors (Lipinski definition) is 27. The highest BCUT2D eigenvalue weighted by atomic mass is 19.4. The van der Waals surface area contributed by atoms with Crippen LogP contribution in [0.25, 0.3) is 0 Å². The van der Waals surface area contributed by atoms with E-state index in [0.29, 0.717) is 91.8 Å². The second kappa shape index (κ2) is 50.8. The van der Waals surface area contributed by atoms with Crippen molar-refractivity contribution in [1.29, 1.82) is 0 Å². The predicted octanol–water partition coefficient (Wildman–Crippen LogP) is -2.02. The average Bonchev–Trinajstić information content (AvgIpc) is 3.64. The summed E-state index contributed by atoms with van der Waals surface area (Å²) >= 11 is 0. The molecule has 1 aromatic heterocycles. The first-order valence-electron chi connectivity index (χ1n) is 30.0. The predicted molar refractivity (Wildman–Crippen MR) is 304 cm³/mol. The van der Waals surface area contributed by atoms with Gasteiger partial charge in [0.1, 0.15) is 49.2 Å². The van der Waals surface area contributed by atoms with E-state index in [1.807, 2.05) is 13.8 Å². The summed E-state index contributed by atoms with van der Waals surface area (Å²) in [6.45, 7) is 11.8. The minimum absolute atomic E-state index is 0.0133. The van der Waals surface area contributed by atoms with E-state index in [9.17, 15) is 48.0 Å². The number of halogens is 3. The Morgan fingerprint density at radius 3 is 1.57 bits per heavy atom. The summed E-state index contributed by atoms with van der Waals surface area (Å²) in [5.41, 5.74) is -1.20. The Morgan fingerprint density at radius 1 is 0.580 bits per heavy atom. The third-order valence-electron chi connectivity index (χ3n) is 12.5. The van der Waals surface area contributed by atoms with Gasteiger partial charge in [0.25, 0.3) is 0 Å². The van der Waals surface area contributed by atoms with Crippen LogP contribution in [0.5, 0.6) is 0 Å². The van der Waals surface area contributed by atoms with E-state index in [4.69, 9.17) is 75.8 Å². The van der Waals surface area contributed by atoms with Crippen molar-refractivity contribution < 1.29 is 124 Å². The summed E-state index contributed by atoms with van der Waals surface area (Å²) in [6, 6.07) is -1.56. The Balaban J connectivity index is 1.18. The van der Waals surface area contributed by atoms with E-state index in [2.05, 4.69) is 36.6 Å². The standard InChI is InChI=1S/C55H98F3N7O23/c1-3-10-86-41(2)60-7-14-73-17-22-78-29-32-85-40-51(69)63-42(35-81-11-5-49(67)61-8-15-74-18-20-76-23-25-79-27-30-83-38-45-53(71)44(66)4-13-87-45)36-82-12-6-50(68)62-9-16-75-19-21-77-24-26-80-28-31-84-39-46-54(72)52(70)43(37-88-46)64-48-34-59-33-47(65-48)55(56,57)58/h33-34,41-46,52-54,60,66,70-72H,3-32,35-40H2,1-2H3,(H,61,67)(H,62,68)(H,63,69)(H,64,65)/t41?,42?,43-,44+,45+,46+,52+,53+,54-/m0/s1. The van der Waals surface area contributed by atoms with Crippen molar-refractivity contribution in [3.8, 4) is 0 Å². The fraction of sp³-hybridized carbons (Fsp3) is 0.873. The molecule has 3 heterocycles. The van der Waals surface area contributed by atoms with Crippen LogP contribution in [0.15, 0.2) is 12.4 Å². The lowest BCUT2D eigenvalue weighted by molar-refractivity contribution is -0.161. The highest BCUT2D eigenvalue weighted by molar-refractivity contribution is 5.77. The van der Waals surface area contributed by atoms with Crippen LogP contribution in [-0.4, -0.2) is 314 Å². The van der Waals surface area contributed by atoms with Crippen LogP contribution in [0.3, 0.4) is 0 Å². The topological polar surface area (TPSA) is 366 Å². The van der Waals surface area contributed by atoms with Crippen molar-refractivity contribution in [2.45, 2.75) is 101 Å². The lowest BCUT2D eigenvalue weighted by atomic mass is 9.98. The molecule has 1 aromatic rings. The summed E-state index contributed by atoms with van der Waals surface area (Å²) in [4.78, 5) is 44.7. The maximum Gasteiger partial charge on any atom is 0.434 e. The average molecular weight is 1280 g/mol. The van der Waals surface area contributed by atoms with Crippen LogP contribution in [0.2, 0.25) is 0 Å². The number of nitrogens with one attached hydrogen (secondary N) is 5. The van der Waals surface area contributed by atoms with Crippen molar-refractivity contribution in [3.63, 3.8) is 0 Å². The monoisotopic (exact) mass is 1280 g/mol. The molecule has 0 aliphatic carbocycles. The van der Waals surface area contributed by atoms with Gasteiger partial charge < -0.3 is 117 Å². The molecule has 2 aliphatic heterocycles. The molecule has 2 unspecified atom stereocenters. The lowest BCUT2D eigenvalue weighted by Gasteiger charge is -2.38. The van der Waals surface area contributed by atoms with E-state index in [1.54, 1.807) is 0 Å². The Morgan fingerprint density at radius 2 is 1.06 bits per heavy atom. The summed E-state index contributed by atoms with van der Waals surface area (Å²) < 4.78 is 127. The largest absolute Gasteiger partial charge is 0.434 e. The van der Waals surface area contributed by atoms with Crippen LogP contribution in [0, 0.1) is 0 Å². The minimum Gasteiger partial charge on any atom is -0.390 e. The zero-order valence-corrected chi connectivity index (χ0v) is 50.9. The number of aromatic nitrogens is 2. The molecule has 3 rings (SSSR count). The SMILES string of the molecule is CCCOC(C)NCCOCCOCCOCC(=O)NC(COCCC(=O)NCCOCCOCCOCCOC[C@H]1OC[C@H](Nc2cncc(C(F)(F)F)n2)[C@@H](O)[C@H]1O)COCCC(=O)NCCOCCOCCOCCOC[C@H]1OCC[C@@H](O)[C@H]1O. The van der Waals surface area contributed by atoms with Gasteiger partial charge in [-0.15, -0.1) is 0 Å². The number of aliphatic hydroxyl groups is 4. The Hall–Kier alpha value is -3.76. The molecule has 3 amide bonds. The molecule has 33 heteroatoms. The number of aliphatic hydroxyl groups excluding tert-OH is 4. The number of nitrogens with zero attached hydrogens (tertiary/aromatic N) is 2. The highest BCUT2D eigenvalue weighted by Crippen LogP contribution is 2.28. The Labute approximate surface area is 512 Å². The van der Waals surface area contributed by atoms with Gasteiger partial charge in [-0.2, -0.15) is 13.2 Å². The van der Waals surface area contributed by atoms with E-state index < -0.39 is 66.5 Å². The number of anilines is 1. The Kier molecular flexibility index (Phi) is 45.3. The normalized spacial score (nSPS) is 20.4. The van der Waals surface area contributed by atoms with Gasteiger partial charge in [0.05, 0.1) is 202 Å². The van der Waals surface area contributed by atoms with E-state index in [1.165, 1.54) is 0 Å². The fourth-order valence-electron chi connectivity index (χ4n) is 7.82. The number of amides is 3. The van der Waals surface area contributed by atoms with Crippen LogP contribution >= 0.6 is 0 Å². The van der Waals surface area contributed by atoms with Crippen LogP contribution in [0.1, 0.15) is 45.2 Å². The van der Waals surface area contributed by atoms with Crippen molar-refractivity contribution in [3.05, 3.63) is 18.1 Å². The molecular weight excluding hydrogens is 1180 g/mol. The van der Waals surface area contributed by atoms with Gasteiger partial charge in [-0.05, 0) is 19.8 Å². The van der Waals surface area contributed by atoms with Crippen molar-refractivity contribution in [2.24, 2.45) is 0 Å². The zero-order chi connectivity index (χ0) is 63.7. The molecule has 2 fully saturated rings. The van der Waals surface area contributed by atoms with Gasteiger partial charge >= 0.3 is 6.18 Å². The molecule has 30 nitrogen and oxygen atoms in total. The number of hydrogen-bond donors (Lipinski definition) is 9. The van der Waals surface area contributed by atoms with Gasteiger partial charge in [-0.3, -0.25) is 24.7 Å². The summed E-state index contributed by atoms with van der Waals surface area (Å²) in [5, 5.41) is 54.8. The smallest absolute Gasteiger partial charge is 0.390 e. The van der Waals surface area contributed by atoms with Crippen LogP contribution in [0.4, 0.5) is 19.0 Å². The molecule has 0 aromatic carbocycles. The molecule has 9 atom stereocenters. The van der Waals surface area contributed by atoms with E-state index >= 15 is 0 Å². The second-order valence-electron chi connectivity index (χ2n) is 19.8. The molecule has 9 N–H and O–H groups in total. The van der Waals surface area contributed by atoms with E-state index in [-0.39, 0.29) is 169 Å². The molecule has 512 valence electrons. The van der Waals surface area contributed by atoms with Gasteiger partial charge in [0, 0.05) is 45.7 Å². The number of rotatable bonds is 56. The third-order valence-corrected chi connectivity index (χ3v) is 12.5. The first-order valence-corrected chi connectivity index (χ1v) is 30.0. The molecule has 0 radical (unpaired) electrons. The molecule has 0 spiro atoms. The third kappa shape index (κ3) is 39.5. The van der Waals surface area contributed by atoms with Crippen molar-refractivity contribution >= 4 is 23.5 Å². The molecule has 0 saturated carbocycles. The van der Waals surface area contributed by atoms with Crippen molar-refractivity contribution in [2.75, 3.05) is 217 Å². The minimum atomic E-state index is -4.70. The summed E-state index contributed by atoms with van der Waals surface area (Å²) in [5.74, 6) is -1.18. The molecule has 2 saturated heterocycles. The molecule has 0 bridgehead atoms. The van der Waals surface area contributed by atoms with Gasteiger partial charge in [0.2, 0.25) is 17.7 Å². The zero-order valence-electron chi connectivity index (χ0n) is 50.9. The first-order chi connectivity index (χ1) is 42.7. The molecule has 2 aliphatic rings. The number of carbonyl (C=O) groups is 3. The van der Waals surface area contributed by atoms with E-state index in [0.717, 1.165) is 12.6 Å². The van der Waals surface area contributed by atoms with Gasteiger partial charge in [0.15, 0.2) is 5.69 Å². The summed E-state index contributed by atoms with van der Waals surface area (Å²) in [7, 11) is 0. The Bertz CT molecular complexity index is 1910. The second-order valence-corrected chi connectivity index (χ2v) is 19.8. The van der Waals surface area contributed by atoms with Crippen molar-refractivity contribution in [1.82, 2.24) is 31.2 Å². The quantitative estimate of drug-likeness (QED) is 0.0251. The maximum absolute atomic E-state index is 13.0. The summed E-state index contributed by atoms with van der Waals surface area (Å²) in [6.07, 6.45) is -7.65. The number of ether oxygens (including phenoxy) is 16. The fourth-order valence-corrected chi connectivity index (χ4v) is 7.82. The molecule has 88 heavy (non-hydrogen) atoms. The lowest BCUT2D eigenvalue weighted by Crippen LogP contribution is -2.57. The molecular formula is C55H98F3N7O23.